The van der Waals surface area contributed by atoms with Crippen molar-refractivity contribution in [2.45, 2.75) is 58.8 Å². The average Bonchev–Trinajstić information content (AvgIpc) is 2.00. The Balaban J connectivity index is 2.47. The van der Waals surface area contributed by atoms with E-state index in [4.69, 9.17) is 0 Å². The third-order valence-electron chi connectivity index (χ3n) is 2.94. The molecule has 0 radical (unpaired) electrons. The molecule has 0 heterocycles. The molecule has 1 rings (SSSR count). The van der Waals surface area contributed by atoms with Gasteiger partial charge >= 0.3 is 0 Å². The maximum absolute atomic E-state index is 11.8. The minimum Gasteiger partial charge on any atom is -0.295 e. The van der Waals surface area contributed by atoms with Crippen LogP contribution in [0.3, 0.4) is 0 Å². The van der Waals surface area contributed by atoms with Gasteiger partial charge in [-0.1, -0.05) is 37.7 Å². The summed E-state index contributed by atoms with van der Waals surface area (Å²) in [5, 5.41) is 0. The van der Waals surface area contributed by atoms with E-state index in [-0.39, 0.29) is 0 Å². The Morgan fingerprint density at radius 1 is 1.00 bits per heavy atom. The summed E-state index contributed by atoms with van der Waals surface area (Å²) in [6.45, 7) is 4.00. The summed E-state index contributed by atoms with van der Waals surface area (Å²) in [6.07, 6.45) is 10.5. The van der Waals surface area contributed by atoms with Crippen molar-refractivity contribution in [1.82, 2.24) is 0 Å². The molecule has 0 amide bonds. The zero-order valence-corrected chi connectivity index (χ0v) is 9.51. The summed E-state index contributed by atoms with van der Waals surface area (Å²) >= 11 is 0. The fourth-order valence-corrected chi connectivity index (χ4v) is 2.14. The molecule has 0 aliphatic heterocycles. The quantitative estimate of drug-likeness (QED) is 0.610. The van der Waals surface area contributed by atoms with E-state index in [0.717, 1.165) is 18.4 Å². The van der Waals surface area contributed by atoms with Gasteiger partial charge in [0.1, 0.15) is 0 Å². The highest BCUT2D eigenvalue weighted by molar-refractivity contribution is 5.92. The summed E-state index contributed by atoms with van der Waals surface area (Å²) in [5.74, 6) is 0.692. The number of hydrogen-bond acceptors (Lipinski definition) is 1. The van der Waals surface area contributed by atoms with Gasteiger partial charge in [-0.05, 0) is 32.8 Å². The predicted molar refractivity (Wildman–Crippen MR) is 60.2 cm³/mol. The van der Waals surface area contributed by atoms with E-state index in [0.29, 0.717) is 11.7 Å². The Morgan fingerprint density at radius 3 is 2.00 bits per heavy atom. The number of carbonyl (C=O) groups is 1. The number of hydrogen-bond donors (Lipinski definition) is 0. The van der Waals surface area contributed by atoms with Crippen molar-refractivity contribution >= 4 is 5.78 Å². The Hall–Kier alpha value is -0.590. The molecule has 80 valence electrons. The first-order valence-electron chi connectivity index (χ1n) is 5.89. The van der Waals surface area contributed by atoms with Gasteiger partial charge < -0.3 is 0 Å². The van der Waals surface area contributed by atoms with E-state index in [9.17, 15) is 4.79 Å². The topological polar surface area (TPSA) is 17.1 Å². The minimum atomic E-state index is 0.324. The molecule has 0 saturated heterocycles. The molecule has 0 atom stereocenters. The van der Waals surface area contributed by atoms with Crippen LogP contribution in [0.1, 0.15) is 58.8 Å². The van der Waals surface area contributed by atoms with Crippen molar-refractivity contribution in [3.8, 4) is 0 Å². The molecule has 0 unspecified atom stereocenters. The maximum Gasteiger partial charge on any atom is 0.158 e. The van der Waals surface area contributed by atoms with Crippen molar-refractivity contribution in [1.29, 1.82) is 0 Å². The van der Waals surface area contributed by atoms with Crippen LogP contribution in [-0.4, -0.2) is 5.78 Å². The Bertz CT molecular complexity index is 203. The summed E-state index contributed by atoms with van der Waals surface area (Å²) in [4.78, 5) is 11.8. The van der Waals surface area contributed by atoms with Crippen molar-refractivity contribution in [3.05, 3.63) is 11.6 Å². The number of ketones is 1. The second kappa shape index (κ2) is 6.00. The first kappa shape index (κ1) is 11.5. The molecule has 1 saturated carbocycles. The van der Waals surface area contributed by atoms with Gasteiger partial charge in [-0.25, -0.2) is 0 Å². The lowest BCUT2D eigenvalue weighted by molar-refractivity contribution is -0.118. The zero-order valence-electron chi connectivity index (χ0n) is 9.51. The number of rotatable bonds is 2. The summed E-state index contributed by atoms with van der Waals surface area (Å²) in [7, 11) is 0. The minimum absolute atomic E-state index is 0.324. The predicted octanol–water partition coefficient (Wildman–Crippen LogP) is 3.88. The molecule has 0 aromatic rings. The third-order valence-corrected chi connectivity index (χ3v) is 2.94. The zero-order chi connectivity index (χ0) is 10.4. The molecular formula is C13H22O. The highest BCUT2D eigenvalue weighted by atomic mass is 16.1. The van der Waals surface area contributed by atoms with Crippen LogP contribution in [0.2, 0.25) is 0 Å². The van der Waals surface area contributed by atoms with Crippen LogP contribution in [0.5, 0.6) is 0 Å². The molecular weight excluding hydrogens is 172 g/mol. The number of carbonyl (C=O) groups excluding carboxylic acids is 1. The normalized spacial score (nSPS) is 19.6. The third kappa shape index (κ3) is 4.08. The van der Waals surface area contributed by atoms with Crippen LogP contribution in [-0.2, 0) is 4.79 Å². The van der Waals surface area contributed by atoms with E-state index < -0.39 is 0 Å². The standard InChI is InChI=1S/C13H22O/c1-11(2)10-13(14)12-8-6-4-3-5-7-9-12/h10,12H,3-9H2,1-2H3. The van der Waals surface area contributed by atoms with E-state index in [1.54, 1.807) is 0 Å². The van der Waals surface area contributed by atoms with Crippen molar-refractivity contribution in [2.75, 3.05) is 0 Å². The van der Waals surface area contributed by atoms with Crippen LogP contribution in [0, 0.1) is 5.92 Å². The molecule has 1 heteroatoms. The van der Waals surface area contributed by atoms with Crippen LogP contribution >= 0.6 is 0 Å². The summed E-state index contributed by atoms with van der Waals surface area (Å²) in [6, 6.07) is 0. The molecule has 1 nitrogen and oxygen atoms in total. The molecule has 1 aliphatic rings. The highest BCUT2D eigenvalue weighted by Gasteiger charge is 2.16. The van der Waals surface area contributed by atoms with Gasteiger partial charge in [0, 0.05) is 5.92 Å². The summed E-state index contributed by atoms with van der Waals surface area (Å²) < 4.78 is 0. The molecule has 0 bridgehead atoms. The molecule has 0 spiro atoms. The average molecular weight is 194 g/mol. The van der Waals surface area contributed by atoms with Gasteiger partial charge in [0.2, 0.25) is 0 Å². The van der Waals surface area contributed by atoms with Gasteiger partial charge in [-0.2, -0.15) is 0 Å². The van der Waals surface area contributed by atoms with Gasteiger partial charge in [0.15, 0.2) is 5.78 Å². The van der Waals surface area contributed by atoms with Gasteiger partial charge in [-0.15, -0.1) is 0 Å². The molecule has 0 N–H and O–H groups in total. The fourth-order valence-electron chi connectivity index (χ4n) is 2.14. The van der Waals surface area contributed by atoms with Crippen LogP contribution in [0.4, 0.5) is 0 Å². The van der Waals surface area contributed by atoms with Gasteiger partial charge in [0.05, 0.1) is 0 Å². The largest absolute Gasteiger partial charge is 0.295 e. The van der Waals surface area contributed by atoms with Gasteiger partial charge in [0.25, 0.3) is 0 Å². The number of allylic oxidation sites excluding steroid dienone is 2. The lowest BCUT2D eigenvalue weighted by Crippen LogP contribution is -2.13. The molecule has 14 heavy (non-hydrogen) atoms. The van der Waals surface area contributed by atoms with E-state index in [1.807, 2.05) is 19.9 Å². The first-order chi connectivity index (χ1) is 6.70. The smallest absolute Gasteiger partial charge is 0.158 e. The van der Waals surface area contributed by atoms with E-state index in [2.05, 4.69) is 0 Å². The molecule has 1 aliphatic carbocycles. The van der Waals surface area contributed by atoms with E-state index >= 15 is 0 Å². The highest BCUT2D eigenvalue weighted by Crippen LogP contribution is 2.23. The van der Waals surface area contributed by atoms with Crippen molar-refractivity contribution in [3.63, 3.8) is 0 Å². The molecule has 1 fully saturated rings. The van der Waals surface area contributed by atoms with Crippen LogP contribution in [0.15, 0.2) is 11.6 Å². The SMILES string of the molecule is CC(C)=CC(=O)C1CCCCCCC1. The lowest BCUT2D eigenvalue weighted by atomic mass is 9.87. The second-order valence-corrected chi connectivity index (χ2v) is 4.67. The Labute approximate surface area is 87.6 Å². The first-order valence-corrected chi connectivity index (χ1v) is 5.89. The van der Waals surface area contributed by atoms with Crippen LogP contribution < -0.4 is 0 Å². The molecule has 0 aromatic carbocycles. The van der Waals surface area contributed by atoms with Crippen LogP contribution in [0.25, 0.3) is 0 Å². The molecule has 0 aromatic heterocycles. The second-order valence-electron chi connectivity index (χ2n) is 4.67. The monoisotopic (exact) mass is 194 g/mol. The summed E-state index contributed by atoms with van der Waals surface area (Å²) in [5.41, 5.74) is 1.14. The van der Waals surface area contributed by atoms with Gasteiger partial charge in [-0.3, -0.25) is 4.79 Å². The Kier molecular flexibility index (Phi) is 4.92. The van der Waals surface area contributed by atoms with Crippen molar-refractivity contribution < 1.29 is 4.79 Å². The maximum atomic E-state index is 11.8. The lowest BCUT2D eigenvalue weighted by Gasteiger charge is -2.16. The van der Waals surface area contributed by atoms with E-state index in [1.165, 1.54) is 32.1 Å². The fraction of sp³-hybridized carbons (Fsp3) is 0.769. The Morgan fingerprint density at radius 2 is 1.50 bits per heavy atom. The van der Waals surface area contributed by atoms with Crippen molar-refractivity contribution in [2.24, 2.45) is 5.92 Å².